The number of ketones is 1. The summed E-state index contributed by atoms with van der Waals surface area (Å²) in [5.41, 5.74) is 10.1. The highest BCUT2D eigenvalue weighted by atomic mass is 16.1. The van der Waals surface area contributed by atoms with Gasteiger partial charge in [0.15, 0.2) is 5.78 Å². The van der Waals surface area contributed by atoms with Crippen LogP contribution in [0.15, 0.2) is 23.4 Å². The SMILES string of the molecule is CC(C)N[C@@H](Cc1cc(CN=[N+]=[N-])ccn1)C(=O)C(C)C. The predicted molar refractivity (Wildman–Crippen MR) is 82.7 cm³/mol. The molecule has 0 amide bonds. The number of pyridine rings is 1. The number of nitrogens with one attached hydrogen (secondary N) is 1. The highest BCUT2D eigenvalue weighted by molar-refractivity contribution is 5.86. The number of aromatic nitrogens is 1. The average Bonchev–Trinajstić information content (AvgIpc) is 2.43. The Bertz CT molecular complexity index is 521. The third kappa shape index (κ3) is 5.94. The monoisotopic (exact) mass is 289 g/mol. The van der Waals surface area contributed by atoms with Crippen molar-refractivity contribution >= 4 is 5.78 Å². The minimum absolute atomic E-state index is 0.0207. The lowest BCUT2D eigenvalue weighted by atomic mass is 9.96. The van der Waals surface area contributed by atoms with Crippen molar-refractivity contribution in [1.29, 1.82) is 0 Å². The second kappa shape index (κ2) is 8.39. The number of carbonyl (C=O) groups excluding carboxylic acids is 1. The molecule has 0 aliphatic heterocycles. The Kier molecular flexibility index (Phi) is 6.85. The van der Waals surface area contributed by atoms with Crippen molar-refractivity contribution in [2.24, 2.45) is 11.0 Å². The van der Waals surface area contributed by atoms with Crippen molar-refractivity contribution in [2.45, 2.75) is 52.7 Å². The number of Topliss-reactive ketones (excluding diaryl/α,β-unsaturated/α-hetero) is 1. The molecule has 1 heterocycles. The van der Waals surface area contributed by atoms with Crippen LogP contribution in [0, 0.1) is 5.92 Å². The number of hydrogen-bond acceptors (Lipinski definition) is 4. The molecule has 0 bridgehead atoms. The lowest BCUT2D eigenvalue weighted by molar-refractivity contribution is -0.124. The third-order valence-corrected chi connectivity index (χ3v) is 3.06. The molecule has 0 aromatic carbocycles. The molecule has 0 saturated carbocycles. The number of azide groups is 1. The first-order valence-electron chi connectivity index (χ1n) is 7.18. The molecule has 1 rings (SSSR count). The van der Waals surface area contributed by atoms with Gasteiger partial charge < -0.3 is 5.32 Å². The van der Waals surface area contributed by atoms with E-state index in [-0.39, 0.29) is 23.8 Å². The van der Waals surface area contributed by atoms with Gasteiger partial charge in [-0.25, -0.2) is 0 Å². The highest BCUT2D eigenvalue weighted by Crippen LogP contribution is 2.10. The Hall–Kier alpha value is -1.91. The summed E-state index contributed by atoms with van der Waals surface area (Å²) >= 11 is 0. The van der Waals surface area contributed by atoms with E-state index < -0.39 is 0 Å². The summed E-state index contributed by atoms with van der Waals surface area (Å²) in [6, 6.07) is 3.68. The molecule has 1 atom stereocenters. The minimum atomic E-state index is -0.243. The Balaban J connectivity index is 2.87. The molecule has 1 aromatic heterocycles. The van der Waals surface area contributed by atoms with Gasteiger partial charge in [0.05, 0.1) is 12.6 Å². The van der Waals surface area contributed by atoms with Gasteiger partial charge in [0, 0.05) is 35.2 Å². The van der Waals surface area contributed by atoms with E-state index in [0.717, 1.165) is 11.3 Å². The van der Waals surface area contributed by atoms with Crippen molar-refractivity contribution in [3.8, 4) is 0 Å². The van der Waals surface area contributed by atoms with Crippen LogP contribution in [0.5, 0.6) is 0 Å². The Morgan fingerprint density at radius 3 is 2.71 bits per heavy atom. The van der Waals surface area contributed by atoms with Crippen molar-refractivity contribution < 1.29 is 4.79 Å². The maximum atomic E-state index is 12.3. The molecule has 1 aromatic rings. The smallest absolute Gasteiger partial charge is 0.152 e. The van der Waals surface area contributed by atoms with Crippen LogP contribution in [0.2, 0.25) is 0 Å². The van der Waals surface area contributed by atoms with Crippen LogP contribution >= 0.6 is 0 Å². The van der Waals surface area contributed by atoms with Gasteiger partial charge in [0.2, 0.25) is 0 Å². The van der Waals surface area contributed by atoms with Gasteiger partial charge in [-0.15, -0.1) is 0 Å². The van der Waals surface area contributed by atoms with Crippen molar-refractivity contribution in [3.63, 3.8) is 0 Å². The molecular weight excluding hydrogens is 266 g/mol. The molecule has 21 heavy (non-hydrogen) atoms. The molecule has 6 heteroatoms. The fourth-order valence-electron chi connectivity index (χ4n) is 2.11. The van der Waals surface area contributed by atoms with E-state index in [0.29, 0.717) is 13.0 Å². The standard InChI is InChI=1S/C15H23N5O/c1-10(2)15(21)14(19-11(3)4)8-13-7-12(5-6-17-13)9-18-20-16/h5-7,10-11,14,19H,8-9H2,1-4H3/t14-/m0/s1. The molecule has 0 spiro atoms. The van der Waals surface area contributed by atoms with Crippen LogP contribution < -0.4 is 5.32 Å². The van der Waals surface area contributed by atoms with Crippen LogP contribution in [0.1, 0.15) is 39.0 Å². The van der Waals surface area contributed by atoms with Crippen LogP contribution in [-0.2, 0) is 17.8 Å². The molecule has 0 aliphatic rings. The predicted octanol–water partition coefficient (Wildman–Crippen LogP) is 3.03. The van der Waals surface area contributed by atoms with E-state index in [1.165, 1.54) is 0 Å². The van der Waals surface area contributed by atoms with Crippen LogP contribution in [0.4, 0.5) is 0 Å². The molecule has 114 valence electrons. The van der Waals surface area contributed by atoms with Crippen LogP contribution in [0.3, 0.4) is 0 Å². The molecule has 0 radical (unpaired) electrons. The maximum absolute atomic E-state index is 12.3. The fraction of sp³-hybridized carbons (Fsp3) is 0.600. The Morgan fingerprint density at radius 2 is 2.14 bits per heavy atom. The molecule has 0 unspecified atom stereocenters. The number of hydrogen-bond donors (Lipinski definition) is 1. The first-order valence-corrected chi connectivity index (χ1v) is 7.18. The van der Waals surface area contributed by atoms with Crippen molar-refractivity contribution in [2.75, 3.05) is 0 Å². The van der Waals surface area contributed by atoms with Gasteiger partial charge in [-0.2, -0.15) is 0 Å². The van der Waals surface area contributed by atoms with Crippen LogP contribution in [-0.4, -0.2) is 22.9 Å². The van der Waals surface area contributed by atoms with Gasteiger partial charge in [0.1, 0.15) is 0 Å². The first-order chi connectivity index (χ1) is 9.93. The van der Waals surface area contributed by atoms with Crippen molar-refractivity contribution in [3.05, 3.63) is 40.0 Å². The lowest BCUT2D eigenvalue weighted by Crippen LogP contribution is -2.44. The van der Waals surface area contributed by atoms with E-state index in [2.05, 4.69) is 20.3 Å². The molecule has 0 fully saturated rings. The van der Waals surface area contributed by atoms with Crippen molar-refractivity contribution in [1.82, 2.24) is 10.3 Å². The van der Waals surface area contributed by atoms with Gasteiger partial charge >= 0.3 is 0 Å². The highest BCUT2D eigenvalue weighted by Gasteiger charge is 2.22. The Labute approximate surface area is 125 Å². The van der Waals surface area contributed by atoms with Gasteiger partial charge in [-0.05, 0) is 23.2 Å². The summed E-state index contributed by atoms with van der Waals surface area (Å²) in [4.78, 5) is 19.3. The van der Waals surface area contributed by atoms with E-state index >= 15 is 0 Å². The maximum Gasteiger partial charge on any atom is 0.152 e. The number of rotatable bonds is 8. The summed E-state index contributed by atoms with van der Waals surface area (Å²) in [6.45, 7) is 8.15. The van der Waals surface area contributed by atoms with E-state index in [9.17, 15) is 4.79 Å². The molecule has 0 aliphatic carbocycles. The zero-order valence-corrected chi connectivity index (χ0v) is 13.1. The largest absolute Gasteiger partial charge is 0.305 e. The zero-order chi connectivity index (χ0) is 15.8. The van der Waals surface area contributed by atoms with Gasteiger partial charge in [-0.3, -0.25) is 9.78 Å². The summed E-state index contributed by atoms with van der Waals surface area (Å²) in [7, 11) is 0. The molecule has 0 saturated heterocycles. The molecule has 6 nitrogen and oxygen atoms in total. The topological polar surface area (TPSA) is 90.8 Å². The quantitative estimate of drug-likeness (QED) is 0.453. The number of carbonyl (C=O) groups is 1. The summed E-state index contributed by atoms with van der Waals surface area (Å²) in [6.07, 6.45) is 2.23. The summed E-state index contributed by atoms with van der Waals surface area (Å²) in [5, 5.41) is 6.84. The number of nitrogens with zero attached hydrogens (tertiary/aromatic N) is 4. The Morgan fingerprint density at radius 1 is 1.43 bits per heavy atom. The van der Waals surface area contributed by atoms with Gasteiger partial charge in [-0.1, -0.05) is 32.8 Å². The second-order valence-electron chi connectivity index (χ2n) is 5.68. The fourth-order valence-corrected chi connectivity index (χ4v) is 2.11. The third-order valence-electron chi connectivity index (χ3n) is 3.06. The summed E-state index contributed by atoms with van der Waals surface area (Å²) in [5.74, 6) is 0.165. The first kappa shape index (κ1) is 17.1. The lowest BCUT2D eigenvalue weighted by Gasteiger charge is -2.21. The van der Waals surface area contributed by atoms with E-state index in [4.69, 9.17) is 5.53 Å². The molecule has 1 N–H and O–H groups in total. The summed E-state index contributed by atoms with van der Waals surface area (Å²) < 4.78 is 0. The van der Waals surface area contributed by atoms with E-state index in [1.54, 1.807) is 6.20 Å². The van der Waals surface area contributed by atoms with E-state index in [1.807, 2.05) is 39.8 Å². The van der Waals surface area contributed by atoms with Crippen LogP contribution in [0.25, 0.3) is 10.4 Å². The average molecular weight is 289 g/mol. The molecular formula is C15H23N5O. The van der Waals surface area contributed by atoms with Gasteiger partial charge in [0.25, 0.3) is 0 Å². The second-order valence-corrected chi connectivity index (χ2v) is 5.68. The minimum Gasteiger partial charge on any atom is -0.305 e. The zero-order valence-electron chi connectivity index (χ0n) is 13.1. The normalized spacial score (nSPS) is 12.3.